The highest BCUT2D eigenvalue weighted by molar-refractivity contribution is 5.31. The number of benzene rings is 1. The summed E-state index contributed by atoms with van der Waals surface area (Å²) in [7, 11) is 0. The molecule has 1 atom stereocenters. The van der Waals surface area contributed by atoms with Gasteiger partial charge in [0.05, 0.1) is 6.10 Å². The molecule has 1 aromatic carbocycles. The van der Waals surface area contributed by atoms with Crippen molar-refractivity contribution in [1.82, 2.24) is 0 Å². The standard InChI is InChI=1S/C11H16FNO/c1-7-5-9(10(14)3-4-13)6-8(2)11(7)12/h5-6,10,14H,3-4,13H2,1-2H3. The fourth-order valence-corrected chi connectivity index (χ4v) is 1.50. The fraction of sp³-hybridized carbons (Fsp3) is 0.455. The lowest BCUT2D eigenvalue weighted by molar-refractivity contribution is 0.170. The molecule has 0 amide bonds. The van der Waals surface area contributed by atoms with Crippen LogP contribution in [0.1, 0.15) is 29.2 Å². The third-order valence-electron chi connectivity index (χ3n) is 2.28. The predicted molar refractivity (Wildman–Crippen MR) is 54.5 cm³/mol. The quantitative estimate of drug-likeness (QED) is 0.776. The van der Waals surface area contributed by atoms with Crippen LogP contribution >= 0.6 is 0 Å². The summed E-state index contributed by atoms with van der Waals surface area (Å²) in [5.74, 6) is -0.200. The van der Waals surface area contributed by atoms with E-state index in [4.69, 9.17) is 5.73 Å². The average Bonchev–Trinajstić information content (AvgIpc) is 2.13. The van der Waals surface area contributed by atoms with Gasteiger partial charge in [-0.3, -0.25) is 0 Å². The molecule has 0 aliphatic heterocycles. The molecule has 0 aromatic heterocycles. The van der Waals surface area contributed by atoms with Crippen molar-refractivity contribution in [3.05, 3.63) is 34.6 Å². The second-order valence-corrected chi connectivity index (χ2v) is 3.56. The van der Waals surface area contributed by atoms with Crippen LogP contribution in [0.15, 0.2) is 12.1 Å². The highest BCUT2D eigenvalue weighted by atomic mass is 19.1. The van der Waals surface area contributed by atoms with Gasteiger partial charge in [0.1, 0.15) is 5.82 Å². The van der Waals surface area contributed by atoms with Crippen molar-refractivity contribution in [2.24, 2.45) is 5.73 Å². The van der Waals surface area contributed by atoms with Crippen LogP contribution in [0.5, 0.6) is 0 Å². The molecule has 3 heteroatoms. The Hall–Kier alpha value is -0.930. The topological polar surface area (TPSA) is 46.2 Å². The van der Waals surface area contributed by atoms with Crippen LogP contribution in [0.4, 0.5) is 4.39 Å². The smallest absolute Gasteiger partial charge is 0.129 e. The fourth-order valence-electron chi connectivity index (χ4n) is 1.50. The van der Waals surface area contributed by atoms with E-state index in [1.165, 1.54) is 0 Å². The Balaban J connectivity index is 3.00. The lowest BCUT2D eigenvalue weighted by atomic mass is 10.0. The van der Waals surface area contributed by atoms with Crippen LogP contribution in [0, 0.1) is 19.7 Å². The minimum Gasteiger partial charge on any atom is -0.388 e. The lowest BCUT2D eigenvalue weighted by Crippen LogP contribution is -2.07. The molecule has 1 unspecified atom stereocenters. The molecule has 0 spiro atoms. The molecule has 0 saturated carbocycles. The summed E-state index contributed by atoms with van der Waals surface area (Å²) in [6, 6.07) is 3.34. The van der Waals surface area contributed by atoms with E-state index in [2.05, 4.69) is 0 Å². The summed E-state index contributed by atoms with van der Waals surface area (Å²) >= 11 is 0. The second-order valence-electron chi connectivity index (χ2n) is 3.56. The third kappa shape index (κ3) is 2.30. The number of halogens is 1. The minimum absolute atomic E-state index is 0.200. The molecule has 3 N–H and O–H groups in total. The normalized spacial score (nSPS) is 12.9. The first kappa shape index (κ1) is 11.1. The molecule has 0 radical (unpaired) electrons. The van der Waals surface area contributed by atoms with Gasteiger partial charge in [-0.15, -0.1) is 0 Å². The van der Waals surface area contributed by atoms with Gasteiger partial charge in [-0.1, -0.05) is 12.1 Å². The van der Waals surface area contributed by atoms with E-state index in [1.807, 2.05) is 0 Å². The van der Waals surface area contributed by atoms with E-state index in [-0.39, 0.29) is 5.82 Å². The van der Waals surface area contributed by atoms with Gasteiger partial charge in [-0.25, -0.2) is 4.39 Å². The van der Waals surface area contributed by atoms with Gasteiger partial charge in [0.15, 0.2) is 0 Å². The number of hydrogen-bond acceptors (Lipinski definition) is 2. The zero-order valence-electron chi connectivity index (χ0n) is 8.55. The van der Waals surface area contributed by atoms with E-state index < -0.39 is 6.10 Å². The van der Waals surface area contributed by atoms with E-state index in [1.54, 1.807) is 26.0 Å². The summed E-state index contributed by atoms with van der Waals surface area (Å²) in [6.45, 7) is 3.82. The number of aryl methyl sites for hydroxylation is 2. The van der Waals surface area contributed by atoms with E-state index in [0.29, 0.717) is 24.1 Å². The second kappa shape index (κ2) is 4.53. The molecule has 1 aromatic rings. The van der Waals surface area contributed by atoms with E-state index in [9.17, 15) is 9.50 Å². The molecule has 2 nitrogen and oxygen atoms in total. The van der Waals surface area contributed by atoms with Crippen LogP contribution in [-0.2, 0) is 0 Å². The molecule has 0 saturated heterocycles. The zero-order valence-corrected chi connectivity index (χ0v) is 8.55. The molecule has 0 aliphatic rings. The SMILES string of the molecule is Cc1cc(C(O)CCN)cc(C)c1F. The molecule has 0 aliphatic carbocycles. The van der Waals surface area contributed by atoms with Crippen molar-refractivity contribution in [3.8, 4) is 0 Å². The number of rotatable bonds is 3. The first-order valence-corrected chi connectivity index (χ1v) is 4.71. The van der Waals surface area contributed by atoms with Crippen molar-refractivity contribution >= 4 is 0 Å². The molecule has 0 fully saturated rings. The minimum atomic E-state index is -0.585. The summed E-state index contributed by atoms with van der Waals surface area (Å²) in [5.41, 5.74) is 7.21. The summed E-state index contributed by atoms with van der Waals surface area (Å²) in [4.78, 5) is 0. The van der Waals surface area contributed by atoms with Gasteiger partial charge in [-0.2, -0.15) is 0 Å². The maximum atomic E-state index is 13.3. The van der Waals surface area contributed by atoms with Crippen LogP contribution in [0.25, 0.3) is 0 Å². The zero-order chi connectivity index (χ0) is 10.7. The monoisotopic (exact) mass is 197 g/mol. The Bertz CT molecular complexity index is 302. The molecular formula is C11H16FNO. The van der Waals surface area contributed by atoms with Gasteiger partial charge in [-0.05, 0) is 43.5 Å². The van der Waals surface area contributed by atoms with Gasteiger partial charge >= 0.3 is 0 Å². The Morgan fingerprint density at radius 1 is 1.36 bits per heavy atom. The number of aliphatic hydroxyl groups is 1. The molecule has 0 bridgehead atoms. The first-order valence-electron chi connectivity index (χ1n) is 4.71. The van der Waals surface area contributed by atoms with Crippen LogP contribution in [0.3, 0.4) is 0 Å². The lowest BCUT2D eigenvalue weighted by Gasteiger charge is -2.12. The number of aliphatic hydroxyl groups excluding tert-OH is 1. The van der Waals surface area contributed by atoms with Gasteiger partial charge in [0, 0.05) is 0 Å². The maximum Gasteiger partial charge on any atom is 0.129 e. The highest BCUT2D eigenvalue weighted by Crippen LogP contribution is 2.21. The van der Waals surface area contributed by atoms with Gasteiger partial charge in [0.25, 0.3) is 0 Å². The van der Waals surface area contributed by atoms with E-state index in [0.717, 1.165) is 5.56 Å². The highest BCUT2D eigenvalue weighted by Gasteiger charge is 2.10. The molecule has 1 rings (SSSR count). The van der Waals surface area contributed by atoms with Crippen LogP contribution in [-0.4, -0.2) is 11.7 Å². The average molecular weight is 197 g/mol. The molecule has 14 heavy (non-hydrogen) atoms. The Labute approximate surface area is 83.6 Å². The van der Waals surface area contributed by atoms with Crippen molar-refractivity contribution in [2.45, 2.75) is 26.4 Å². The largest absolute Gasteiger partial charge is 0.388 e. The third-order valence-corrected chi connectivity index (χ3v) is 2.28. The van der Waals surface area contributed by atoms with Crippen LogP contribution in [0.2, 0.25) is 0 Å². The summed E-state index contributed by atoms with van der Waals surface area (Å²) < 4.78 is 13.3. The van der Waals surface area contributed by atoms with Crippen molar-refractivity contribution in [3.63, 3.8) is 0 Å². The summed E-state index contributed by atoms with van der Waals surface area (Å²) in [5, 5.41) is 9.66. The number of nitrogens with two attached hydrogens (primary N) is 1. The maximum absolute atomic E-state index is 13.3. The summed E-state index contributed by atoms with van der Waals surface area (Å²) in [6.07, 6.45) is -0.0807. The van der Waals surface area contributed by atoms with Crippen molar-refractivity contribution in [2.75, 3.05) is 6.54 Å². The van der Waals surface area contributed by atoms with Gasteiger partial charge in [0.2, 0.25) is 0 Å². The Morgan fingerprint density at radius 2 is 1.86 bits per heavy atom. The number of hydrogen-bond donors (Lipinski definition) is 2. The van der Waals surface area contributed by atoms with Gasteiger partial charge < -0.3 is 10.8 Å². The van der Waals surface area contributed by atoms with E-state index >= 15 is 0 Å². The Morgan fingerprint density at radius 3 is 2.29 bits per heavy atom. The first-order chi connectivity index (χ1) is 6.56. The Kier molecular flexibility index (Phi) is 3.61. The predicted octanol–water partition coefficient (Wildman–Crippen LogP) is 1.82. The van der Waals surface area contributed by atoms with Crippen molar-refractivity contribution < 1.29 is 9.50 Å². The molecular weight excluding hydrogens is 181 g/mol. The van der Waals surface area contributed by atoms with Crippen molar-refractivity contribution in [1.29, 1.82) is 0 Å². The van der Waals surface area contributed by atoms with Crippen LogP contribution < -0.4 is 5.73 Å². The molecule has 0 heterocycles. The molecule has 78 valence electrons.